The molecule has 0 aliphatic carbocycles. The number of hydrogen-bond acceptors (Lipinski definition) is 5. The summed E-state index contributed by atoms with van der Waals surface area (Å²) in [5.74, 6) is 0. The lowest BCUT2D eigenvalue weighted by atomic mass is 10.1. The summed E-state index contributed by atoms with van der Waals surface area (Å²) in [6, 6.07) is 12.5. The lowest BCUT2D eigenvalue weighted by Crippen LogP contribution is -1.79. The Bertz CT molecular complexity index is 839. The standard InChI is InChI=1S/C15H8N2S3/c1-9-10(7-16)11(8-17)15(19-9)14-5-4-13(20-14)12-3-2-6-18-12/h2-6H,1H3. The van der Waals surface area contributed by atoms with Crippen molar-refractivity contribution in [3.8, 4) is 31.6 Å². The molecule has 3 heterocycles. The van der Waals surface area contributed by atoms with Crippen molar-refractivity contribution >= 4 is 34.0 Å². The van der Waals surface area contributed by atoms with Crippen LogP contribution in [0.3, 0.4) is 0 Å². The lowest BCUT2D eigenvalue weighted by molar-refractivity contribution is 1.43. The van der Waals surface area contributed by atoms with Crippen LogP contribution in [0.25, 0.3) is 19.5 Å². The van der Waals surface area contributed by atoms with Gasteiger partial charge in [0.05, 0.1) is 16.0 Å². The highest BCUT2D eigenvalue weighted by Gasteiger charge is 2.18. The van der Waals surface area contributed by atoms with Crippen molar-refractivity contribution in [3.63, 3.8) is 0 Å². The Balaban J connectivity index is 2.12. The largest absolute Gasteiger partial charge is 0.192 e. The van der Waals surface area contributed by atoms with Gasteiger partial charge in [-0.25, -0.2) is 0 Å². The van der Waals surface area contributed by atoms with E-state index in [4.69, 9.17) is 5.26 Å². The van der Waals surface area contributed by atoms with Crippen molar-refractivity contribution in [2.24, 2.45) is 0 Å². The van der Waals surface area contributed by atoms with Gasteiger partial charge >= 0.3 is 0 Å². The smallest absolute Gasteiger partial charge is 0.102 e. The molecule has 5 heteroatoms. The van der Waals surface area contributed by atoms with Crippen molar-refractivity contribution in [1.29, 1.82) is 10.5 Å². The molecule has 3 aromatic heterocycles. The van der Waals surface area contributed by atoms with E-state index in [1.807, 2.05) is 19.1 Å². The Morgan fingerprint density at radius 1 is 0.900 bits per heavy atom. The van der Waals surface area contributed by atoms with E-state index in [2.05, 4.69) is 29.7 Å². The van der Waals surface area contributed by atoms with E-state index < -0.39 is 0 Å². The molecule has 96 valence electrons. The van der Waals surface area contributed by atoms with E-state index in [0.717, 1.165) is 14.6 Å². The second-order valence-electron chi connectivity index (χ2n) is 4.10. The maximum absolute atomic E-state index is 9.31. The van der Waals surface area contributed by atoms with Crippen LogP contribution >= 0.6 is 34.0 Å². The highest BCUT2D eigenvalue weighted by Crippen LogP contribution is 2.42. The monoisotopic (exact) mass is 312 g/mol. The van der Waals surface area contributed by atoms with Gasteiger partial charge in [-0.1, -0.05) is 6.07 Å². The summed E-state index contributed by atoms with van der Waals surface area (Å²) in [5, 5.41) is 20.5. The molecule has 0 aliphatic heterocycles. The molecular weight excluding hydrogens is 304 g/mol. The quantitative estimate of drug-likeness (QED) is 0.648. The van der Waals surface area contributed by atoms with E-state index in [-0.39, 0.29) is 0 Å². The molecule has 0 atom stereocenters. The Labute approximate surface area is 128 Å². The van der Waals surface area contributed by atoms with E-state index in [9.17, 15) is 5.26 Å². The van der Waals surface area contributed by atoms with Gasteiger partial charge in [-0.15, -0.1) is 34.0 Å². The van der Waals surface area contributed by atoms with Gasteiger partial charge in [0.2, 0.25) is 0 Å². The van der Waals surface area contributed by atoms with Crippen LogP contribution in [0.5, 0.6) is 0 Å². The van der Waals surface area contributed by atoms with Crippen LogP contribution in [0.15, 0.2) is 29.6 Å². The number of thiophene rings is 3. The maximum atomic E-state index is 9.31. The van der Waals surface area contributed by atoms with Gasteiger partial charge < -0.3 is 0 Å². The molecule has 0 bridgehead atoms. The molecule has 0 fully saturated rings. The van der Waals surface area contributed by atoms with Crippen molar-refractivity contribution in [3.05, 3.63) is 45.6 Å². The van der Waals surface area contributed by atoms with Crippen LogP contribution in [0, 0.1) is 29.6 Å². The van der Waals surface area contributed by atoms with Crippen molar-refractivity contribution < 1.29 is 0 Å². The van der Waals surface area contributed by atoms with Crippen LogP contribution in [0.4, 0.5) is 0 Å². The minimum atomic E-state index is 0.509. The summed E-state index contributed by atoms with van der Waals surface area (Å²) in [6.45, 7) is 1.89. The third-order valence-corrected chi connectivity index (χ3v) is 6.34. The third-order valence-electron chi connectivity index (χ3n) is 2.90. The molecule has 0 radical (unpaired) electrons. The highest BCUT2D eigenvalue weighted by atomic mass is 32.1. The van der Waals surface area contributed by atoms with E-state index in [0.29, 0.717) is 11.1 Å². The van der Waals surface area contributed by atoms with Gasteiger partial charge in [0.15, 0.2) is 0 Å². The molecular formula is C15H8N2S3. The zero-order valence-electron chi connectivity index (χ0n) is 10.5. The molecule has 0 aromatic carbocycles. The summed E-state index contributed by atoms with van der Waals surface area (Å²) in [5.41, 5.74) is 1.02. The molecule has 2 nitrogen and oxygen atoms in total. The molecule has 3 rings (SSSR count). The van der Waals surface area contributed by atoms with Gasteiger partial charge in [0.1, 0.15) is 12.1 Å². The van der Waals surface area contributed by atoms with Crippen LogP contribution in [0.2, 0.25) is 0 Å². The average Bonchev–Trinajstić information content (AvgIpc) is 3.16. The number of rotatable bonds is 2. The van der Waals surface area contributed by atoms with Crippen LogP contribution < -0.4 is 0 Å². The fraction of sp³-hybridized carbons (Fsp3) is 0.0667. The number of nitrogens with zero attached hydrogens (tertiary/aromatic N) is 2. The first kappa shape index (κ1) is 13.1. The summed E-state index contributed by atoms with van der Waals surface area (Å²) >= 11 is 4.89. The lowest BCUT2D eigenvalue weighted by Gasteiger charge is -1.92. The Morgan fingerprint density at radius 2 is 1.65 bits per heavy atom. The first-order valence-electron chi connectivity index (χ1n) is 5.82. The van der Waals surface area contributed by atoms with Gasteiger partial charge in [0, 0.05) is 19.5 Å². The third kappa shape index (κ3) is 2.07. The van der Waals surface area contributed by atoms with Crippen molar-refractivity contribution in [2.45, 2.75) is 6.92 Å². The minimum absolute atomic E-state index is 0.509. The Hall–Kier alpha value is -1.92. The second kappa shape index (κ2) is 5.22. The van der Waals surface area contributed by atoms with Gasteiger partial charge in [-0.3, -0.25) is 0 Å². The van der Waals surface area contributed by atoms with Gasteiger partial charge in [-0.2, -0.15) is 10.5 Å². The van der Waals surface area contributed by atoms with Gasteiger partial charge in [0.25, 0.3) is 0 Å². The Kier molecular flexibility index (Phi) is 3.42. The average molecular weight is 312 g/mol. The van der Waals surface area contributed by atoms with E-state index in [1.54, 1.807) is 22.7 Å². The SMILES string of the molecule is Cc1sc(-c2ccc(-c3cccs3)s2)c(C#N)c1C#N. The summed E-state index contributed by atoms with van der Waals surface area (Å²) in [6.07, 6.45) is 0. The molecule has 0 unspecified atom stereocenters. The zero-order chi connectivity index (χ0) is 14.1. The second-order valence-corrected chi connectivity index (χ2v) is 7.36. The first-order chi connectivity index (χ1) is 9.74. The predicted molar refractivity (Wildman–Crippen MR) is 85.1 cm³/mol. The molecule has 0 spiro atoms. The number of nitriles is 2. The van der Waals surface area contributed by atoms with Crippen LogP contribution in [-0.2, 0) is 0 Å². The fourth-order valence-electron chi connectivity index (χ4n) is 1.97. The normalized spacial score (nSPS) is 10.2. The summed E-state index contributed by atoms with van der Waals surface area (Å²) < 4.78 is 0. The van der Waals surface area contributed by atoms with E-state index >= 15 is 0 Å². The topological polar surface area (TPSA) is 47.6 Å². The molecule has 0 amide bonds. The first-order valence-corrected chi connectivity index (χ1v) is 8.33. The van der Waals surface area contributed by atoms with Crippen LogP contribution in [0.1, 0.15) is 16.0 Å². The molecule has 0 saturated carbocycles. The predicted octanol–water partition coefficient (Wildman–Crippen LogP) is 5.26. The molecule has 3 aromatic rings. The van der Waals surface area contributed by atoms with Gasteiger partial charge in [-0.05, 0) is 30.5 Å². The molecule has 0 saturated heterocycles. The fourth-order valence-corrected chi connectivity index (χ4v) is 4.98. The van der Waals surface area contributed by atoms with Crippen LogP contribution in [-0.4, -0.2) is 0 Å². The van der Waals surface area contributed by atoms with Crippen molar-refractivity contribution in [2.75, 3.05) is 0 Å². The zero-order valence-corrected chi connectivity index (χ0v) is 13.0. The molecule has 0 aliphatic rings. The minimum Gasteiger partial charge on any atom is -0.192 e. The molecule has 0 N–H and O–H groups in total. The maximum Gasteiger partial charge on any atom is 0.102 e. The summed E-state index contributed by atoms with van der Waals surface area (Å²) in [4.78, 5) is 5.30. The summed E-state index contributed by atoms with van der Waals surface area (Å²) in [7, 11) is 0. The Morgan fingerprint density at radius 3 is 2.30 bits per heavy atom. The number of aryl methyl sites for hydroxylation is 1. The number of hydrogen-bond donors (Lipinski definition) is 0. The van der Waals surface area contributed by atoms with Crippen molar-refractivity contribution in [1.82, 2.24) is 0 Å². The highest BCUT2D eigenvalue weighted by molar-refractivity contribution is 7.26. The molecule has 20 heavy (non-hydrogen) atoms. The van der Waals surface area contributed by atoms with E-state index in [1.165, 1.54) is 21.1 Å².